The number of benzene rings is 3. The molecule has 0 saturated heterocycles. The van der Waals surface area contributed by atoms with Gasteiger partial charge >= 0.3 is 5.76 Å². The number of hydrogen-bond donors (Lipinski definition) is 1. The maximum Gasteiger partial charge on any atom is 0.439 e. The van der Waals surface area contributed by atoms with Crippen molar-refractivity contribution in [3.63, 3.8) is 0 Å². The zero-order chi connectivity index (χ0) is 28.2. The highest BCUT2D eigenvalue weighted by Crippen LogP contribution is 2.30. The number of rotatable bonds is 9. The van der Waals surface area contributed by atoms with Crippen LogP contribution in [0.15, 0.2) is 80.8 Å². The second kappa shape index (κ2) is 11.6. The Labute approximate surface area is 229 Å². The third kappa shape index (κ3) is 5.54. The fraction of sp³-hybridized carbons (Fsp3) is 0.226. The average molecular weight is 543 g/mol. The lowest BCUT2D eigenvalue weighted by molar-refractivity contribution is 0.388. The topological polar surface area (TPSA) is 93.8 Å². The third-order valence-corrected chi connectivity index (χ3v) is 6.93. The van der Waals surface area contributed by atoms with E-state index in [-0.39, 0.29) is 17.7 Å². The van der Waals surface area contributed by atoms with Crippen LogP contribution in [0, 0.1) is 18.6 Å². The first-order chi connectivity index (χ1) is 19.4. The van der Waals surface area contributed by atoms with Gasteiger partial charge in [-0.1, -0.05) is 79.2 Å². The Morgan fingerprint density at radius 1 is 0.950 bits per heavy atom. The first kappa shape index (κ1) is 26.9. The van der Waals surface area contributed by atoms with Gasteiger partial charge in [0, 0.05) is 23.1 Å². The maximum atomic E-state index is 14.4. The van der Waals surface area contributed by atoms with Crippen LogP contribution in [0.1, 0.15) is 48.0 Å². The summed E-state index contributed by atoms with van der Waals surface area (Å²) in [4.78, 5) is 32.5. The first-order valence-corrected chi connectivity index (χ1v) is 13.1. The predicted octanol–water partition coefficient (Wildman–Crippen LogP) is 5.82. The number of aryl methyl sites for hydroxylation is 2. The molecule has 3 aromatic carbocycles. The van der Waals surface area contributed by atoms with Crippen molar-refractivity contribution in [2.24, 2.45) is 0 Å². The molecule has 0 saturated carbocycles. The highest BCUT2D eigenvalue weighted by molar-refractivity contribution is 5.80. The SMILES string of the molecule is CCCCc1nc(C)n(Cc2cccc(F)c2F)c(=O)c1Cc1ccc(-c2ccccc2-c2noc(=O)[nH]2)cc1. The Morgan fingerprint density at radius 3 is 2.40 bits per heavy atom. The van der Waals surface area contributed by atoms with Crippen LogP contribution in [0.2, 0.25) is 0 Å². The summed E-state index contributed by atoms with van der Waals surface area (Å²) in [5, 5.41) is 3.81. The molecule has 0 aliphatic carbocycles. The van der Waals surface area contributed by atoms with Gasteiger partial charge in [-0.15, -0.1) is 0 Å². The van der Waals surface area contributed by atoms with Crippen LogP contribution in [-0.4, -0.2) is 19.7 Å². The van der Waals surface area contributed by atoms with Gasteiger partial charge in [0.1, 0.15) is 5.82 Å². The summed E-state index contributed by atoms with van der Waals surface area (Å²) in [5.74, 6) is -1.74. The fourth-order valence-electron chi connectivity index (χ4n) is 4.81. The van der Waals surface area contributed by atoms with E-state index in [9.17, 15) is 18.4 Å². The number of nitrogens with zero attached hydrogens (tertiary/aromatic N) is 3. The average Bonchev–Trinajstić information content (AvgIpc) is 3.40. The molecule has 204 valence electrons. The highest BCUT2D eigenvalue weighted by Gasteiger charge is 2.18. The van der Waals surface area contributed by atoms with Crippen LogP contribution >= 0.6 is 0 Å². The second-order valence-electron chi connectivity index (χ2n) is 9.65. The van der Waals surface area contributed by atoms with Crippen LogP contribution in [0.4, 0.5) is 8.78 Å². The van der Waals surface area contributed by atoms with Gasteiger partial charge in [-0.25, -0.2) is 18.6 Å². The van der Waals surface area contributed by atoms with E-state index in [0.29, 0.717) is 30.1 Å². The number of H-pyrrole nitrogens is 1. The van der Waals surface area contributed by atoms with E-state index >= 15 is 0 Å². The van der Waals surface area contributed by atoms with E-state index in [1.807, 2.05) is 48.5 Å². The molecule has 0 unspecified atom stereocenters. The standard InChI is InChI=1S/C31H28F2N4O3/c1-3-4-12-27-25(30(38)37(19(2)34-27)18-22-8-7-11-26(32)28(22)33)17-20-13-15-21(16-14-20)23-9-5-6-10-24(23)29-35-31(39)40-36-29/h5-11,13-16H,3-4,12,17-18H2,1-2H3,(H,35,36,39). The Balaban J connectivity index is 1.49. The summed E-state index contributed by atoms with van der Waals surface area (Å²) in [6, 6.07) is 19.2. The summed E-state index contributed by atoms with van der Waals surface area (Å²) >= 11 is 0. The minimum atomic E-state index is -0.962. The van der Waals surface area contributed by atoms with Gasteiger partial charge in [-0.05, 0) is 42.5 Å². The Hall–Kier alpha value is -4.66. The maximum absolute atomic E-state index is 14.4. The van der Waals surface area contributed by atoms with Crippen molar-refractivity contribution in [2.75, 3.05) is 0 Å². The molecule has 0 aliphatic rings. The monoisotopic (exact) mass is 542 g/mol. The van der Waals surface area contributed by atoms with E-state index in [0.717, 1.165) is 46.9 Å². The summed E-state index contributed by atoms with van der Waals surface area (Å²) in [5.41, 5.74) is 4.49. The normalized spacial score (nSPS) is 11.2. The largest absolute Gasteiger partial charge is 0.439 e. The molecule has 5 aromatic rings. The van der Waals surface area contributed by atoms with Crippen LogP contribution in [0.3, 0.4) is 0 Å². The molecule has 0 aliphatic heterocycles. The number of aromatic amines is 1. The molecule has 9 heteroatoms. The van der Waals surface area contributed by atoms with Crippen molar-refractivity contribution >= 4 is 0 Å². The van der Waals surface area contributed by atoms with Gasteiger partial charge in [0.2, 0.25) is 0 Å². The summed E-state index contributed by atoms with van der Waals surface area (Å²) in [7, 11) is 0. The molecule has 5 rings (SSSR count). The molecule has 0 radical (unpaired) electrons. The molecule has 7 nitrogen and oxygen atoms in total. The van der Waals surface area contributed by atoms with Crippen molar-refractivity contribution in [3.05, 3.63) is 127 Å². The van der Waals surface area contributed by atoms with Crippen LogP contribution in [0.5, 0.6) is 0 Å². The van der Waals surface area contributed by atoms with Crippen LogP contribution in [0.25, 0.3) is 22.5 Å². The minimum absolute atomic E-state index is 0.0933. The zero-order valence-electron chi connectivity index (χ0n) is 22.2. The van der Waals surface area contributed by atoms with Gasteiger partial charge in [0.05, 0.1) is 12.2 Å². The Morgan fingerprint density at radius 2 is 1.70 bits per heavy atom. The smallest absolute Gasteiger partial charge is 0.296 e. The molecule has 0 amide bonds. The minimum Gasteiger partial charge on any atom is -0.296 e. The summed E-state index contributed by atoms with van der Waals surface area (Å²) < 4.78 is 34.3. The van der Waals surface area contributed by atoms with Crippen molar-refractivity contribution in [1.29, 1.82) is 0 Å². The van der Waals surface area contributed by atoms with Crippen molar-refractivity contribution in [1.82, 2.24) is 19.7 Å². The lowest BCUT2D eigenvalue weighted by Gasteiger charge is -2.16. The predicted molar refractivity (Wildman–Crippen MR) is 148 cm³/mol. The van der Waals surface area contributed by atoms with Crippen LogP contribution in [-0.2, 0) is 19.4 Å². The fourth-order valence-corrected chi connectivity index (χ4v) is 4.81. The van der Waals surface area contributed by atoms with E-state index in [4.69, 9.17) is 4.98 Å². The molecule has 2 heterocycles. The van der Waals surface area contributed by atoms with E-state index in [1.165, 1.54) is 16.7 Å². The number of aromatic nitrogens is 4. The van der Waals surface area contributed by atoms with Gasteiger partial charge in [0.25, 0.3) is 5.56 Å². The van der Waals surface area contributed by atoms with E-state index < -0.39 is 17.4 Å². The number of halogens is 2. The second-order valence-corrected chi connectivity index (χ2v) is 9.65. The lowest BCUT2D eigenvalue weighted by Crippen LogP contribution is -2.30. The van der Waals surface area contributed by atoms with Crippen LogP contribution < -0.4 is 11.3 Å². The first-order valence-electron chi connectivity index (χ1n) is 13.1. The molecule has 0 bridgehead atoms. The van der Waals surface area contributed by atoms with Crippen molar-refractivity contribution in [3.8, 4) is 22.5 Å². The van der Waals surface area contributed by atoms with Gasteiger partial charge < -0.3 is 0 Å². The third-order valence-electron chi connectivity index (χ3n) is 6.93. The lowest BCUT2D eigenvalue weighted by atomic mass is 9.96. The highest BCUT2D eigenvalue weighted by atomic mass is 19.2. The summed E-state index contributed by atoms with van der Waals surface area (Å²) in [6.45, 7) is 3.68. The zero-order valence-corrected chi connectivity index (χ0v) is 22.2. The van der Waals surface area contributed by atoms with E-state index in [1.54, 1.807) is 6.92 Å². The molecule has 0 atom stereocenters. The quantitative estimate of drug-likeness (QED) is 0.253. The molecular formula is C31H28F2N4O3. The van der Waals surface area contributed by atoms with Crippen molar-refractivity contribution in [2.45, 2.75) is 46.1 Å². The molecule has 40 heavy (non-hydrogen) atoms. The number of hydrogen-bond acceptors (Lipinski definition) is 5. The molecule has 2 aromatic heterocycles. The van der Waals surface area contributed by atoms with Gasteiger partial charge in [-0.3, -0.25) is 18.9 Å². The van der Waals surface area contributed by atoms with Gasteiger partial charge in [-0.2, -0.15) is 0 Å². The van der Waals surface area contributed by atoms with Gasteiger partial charge in [0.15, 0.2) is 17.5 Å². The summed E-state index contributed by atoms with van der Waals surface area (Å²) in [6.07, 6.45) is 2.82. The molecule has 1 N–H and O–H groups in total. The Bertz CT molecular complexity index is 1770. The molecule has 0 fully saturated rings. The molecular weight excluding hydrogens is 514 g/mol. The van der Waals surface area contributed by atoms with Crippen molar-refractivity contribution < 1.29 is 13.3 Å². The Kier molecular flexibility index (Phi) is 7.82. The molecule has 0 spiro atoms. The number of nitrogens with one attached hydrogen (secondary N) is 1. The number of unbranched alkanes of at least 4 members (excludes halogenated alkanes) is 1. The van der Waals surface area contributed by atoms with E-state index in [2.05, 4.69) is 21.6 Å².